The van der Waals surface area contributed by atoms with Crippen LogP contribution in [-0.2, 0) is 0 Å². The Morgan fingerprint density at radius 3 is 1.95 bits per heavy atom. The number of rotatable bonds is 2. The molecule has 2 N–H and O–H groups in total. The second kappa shape index (κ2) is 5.17. The summed E-state index contributed by atoms with van der Waals surface area (Å²) < 4.78 is 0. The number of hydrogen-bond donors (Lipinski definition) is 1. The van der Waals surface area contributed by atoms with E-state index in [1.54, 1.807) is 0 Å². The normalized spacial score (nSPS) is 10.4. The van der Waals surface area contributed by atoms with Crippen LogP contribution in [0.3, 0.4) is 0 Å². The van der Waals surface area contributed by atoms with E-state index in [2.05, 4.69) is 53.5 Å². The Balaban J connectivity index is 1.97. The monoisotopic (exact) mass is 260 g/mol. The van der Waals surface area contributed by atoms with E-state index in [0.29, 0.717) is 5.82 Å². The Hall–Kier alpha value is -2.61. The molecule has 0 fully saturated rings. The number of aryl methyl sites for hydroxylation is 1. The zero-order valence-corrected chi connectivity index (χ0v) is 11.4. The summed E-state index contributed by atoms with van der Waals surface area (Å²) >= 11 is 0. The Morgan fingerprint density at radius 1 is 0.700 bits per heavy atom. The van der Waals surface area contributed by atoms with Gasteiger partial charge in [0.25, 0.3) is 0 Å². The second-order valence-corrected chi connectivity index (χ2v) is 4.81. The van der Waals surface area contributed by atoms with Crippen molar-refractivity contribution < 1.29 is 0 Å². The molecule has 0 saturated heterocycles. The van der Waals surface area contributed by atoms with Crippen LogP contribution in [0.15, 0.2) is 66.7 Å². The molecule has 0 aliphatic carbocycles. The van der Waals surface area contributed by atoms with Crippen LogP contribution in [0.5, 0.6) is 0 Å². The molecule has 2 nitrogen and oxygen atoms in total. The zero-order chi connectivity index (χ0) is 13.9. The molecule has 0 aliphatic rings. The number of nitrogens with two attached hydrogens (primary N) is 1. The first-order valence-electron chi connectivity index (χ1n) is 6.63. The fourth-order valence-corrected chi connectivity index (χ4v) is 2.36. The molecule has 0 amide bonds. The van der Waals surface area contributed by atoms with Gasteiger partial charge in [-0.15, -0.1) is 0 Å². The molecular formula is C18H16N2. The van der Waals surface area contributed by atoms with Crippen molar-refractivity contribution >= 4 is 5.82 Å². The fraction of sp³-hybridized carbons (Fsp3) is 0.0556. The smallest absolute Gasteiger partial charge is 0.123 e. The van der Waals surface area contributed by atoms with Gasteiger partial charge in [0.1, 0.15) is 5.82 Å². The van der Waals surface area contributed by atoms with Gasteiger partial charge in [-0.3, -0.25) is 0 Å². The first-order chi connectivity index (χ1) is 9.74. The molecule has 0 atom stereocenters. The van der Waals surface area contributed by atoms with E-state index in [0.717, 1.165) is 16.8 Å². The van der Waals surface area contributed by atoms with Gasteiger partial charge in [0.2, 0.25) is 0 Å². The predicted molar refractivity (Wildman–Crippen MR) is 84.3 cm³/mol. The van der Waals surface area contributed by atoms with E-state index in [4.69, 9.17) is 5.73 Å². The summed E-state index contributed by atoms with van der Waals surface area (Å²) in [6.45, 7) is 1.98. The topological polar surface area (TPSA) is 38.9 Å². The van der Waals surface area contributed by atoms with Crippen LogP contribution < -0.4 is 5.73 Å². The average molecular weight is 260 g/mol. The molecule has 0 saturated carbocycles. The highest BCUT2D eigenvalue weighted by Crippen LogP contribution is 2.26. The summed E-state index contributed by atoms with van der Waals surface area (Å²) in [6, 6.07) is 22.8. The van der Waals surface area contributed by atoms with Crippen LogP contribution in [-0.4, -0.2) is 4.98 Å². The van der Waals surface area contributed by atoms with Gasteiger partial charge in [-0.25, -0.2) is 4.98 Å². The van der Waals surface area contributed by atoms with Crippen LogP contribution in [0.4, 0.5) is 5.82 Å². The van der Waals surface area contributed by atoms with Crippen LogP contribution >= 0.6 is 0 Å². The maximum absolute atomic E-state index is 5.69. The van der Waals surface area contributed by atoms with E-state index in [1.807, 2.05) is 25.1 Å². The number of anilines is 1. The van der Waals surface area contributed by atoms with Crippen molar-refractivity contribution in [3.63, 3.8) is 0 Å². The van der Waals surface area contributed by atoms with Crippen molar-refractivity contribution in [2.75, 3.05) is 5.73 Å². The first kappa shape index (κ1) is 12.4. The summed E-state index contributed by atoms with van der Waals surface area (Å²) in [5.74, 6) is 0.562. The maximum atomic E-state index is 5.69. The Bertz CT molecular complexity index is 716. The van der Waals surface area contributed by atoms with E-state index in [-0.39, 0.29) is 0 Å². The van der Waals surface area contributed by atoms with Gasteiger partial charge >= 0.3 is 0 Å². The average Bonchev–Trinajstić information content (AvgIpc) is 2.48. The highest BCUT2D eigenvalue weighted by atomic mass is 14.8. The number of nitrogen functional groups attached to an aromatic ring is 1. The van der Waals surface area contributed by atoms with Crippen molar-refractivity contribution in [3.8, 4) is 22.3 Å². The van der Waals surface area contributed by atoms with Crippen molar-refractivity contribution in [2.24, 2.45) is 0 Å². The molecule has 20 heavy (non-hydrogen) atoms. The molecule has 0 radical (unpaired) electrons. The Morgan fingerprint density at radius 2 is 1.30 bits per heavy atom. The third-order valence-corrected chi connectivity index (χ3v) is 3.41. The minimum Gasteiger partial charge on any atom is -0.384 e. The highest BCUT2D eigenvalue weighted by molar-refractivity contribution is 5.71. The number of nitrogens with zero attached hydrogens (tertiary/aromatic N) is 1. The molecule has 98 valence electrons. The van der Waals surface area contributed by atoms with Crippen LogP contribution in [0, 0.1) is 6.92 Å². The fourth-order valence-electron chi connectivity index (χ4n) is 2.36. The summed E-state index contributed by atoms with van der Waals surface area (Å²) in [5.41, 5.74) is 11.4. The summed E-state index contributed by atoms with van der Waals surface area (Å²) in [5, 5.41) is 0. The molecule has 0 spiro atoms. The van der Waals surface area contributed by atoms with Crippen molar-refractivity contribution in [1.29, 1.82) is 0 Å². The van der Waals surface area contributed by atoms with Gasteiger partial charge in [-0.2, -0.15) is 0 Å². The lowest BCUT2D eigenvalue weighted by molar-refractivity contribution is 1.21. The number of aromatic nitrogens is 1. The van der Waals surface area contributed by atoms with Gasteiger partial charge in [0.05, 0.1) is 0 Å². The number of hydrogen-bond acceptors (Lipinski definition) is 2. The van der Waals surface area contributed by atoms with Crippen LogP contribution in [0.2, 0.25) is 0 Å². The van der Waals surface area contributed by atoms with E-state index in [1.165, 1.54) is 11.1 Å². The first-order valence-corrected chi connectivity index (χ1v) is 6.63. The van der Waals surface area contributed by atoms with Gasteiger partial charge in [0.15, 0.2) is 0 Å². The lowest BCUT2D eigenvalue weighted by atomic mass is 10.00. The molecule has 0 unspecified atom stereocenters. The summed E-state index contributed by atoms with van der Waals surface area (Å²) in [7, 11) is 0. The second-order valence-electron chi connectivity index (χ2n) is 4.81. The van der Waals surface area contributed by atoms with Crippen LogP contribution in [0.1, 0.15) is 5.69 Å². The highest BCUT2D eigenvalue weighted by Gasteiger charge is 2.04. The zero-order valence-electron chi connectivity index (χ0n) is 11.4. The molecule has 3 aromatic rings. The standard InChI is InChI=1S/C18H16N2/c1-13-17(11-12-18(19)20-13)16-9-7-15(8-10-16)14-5-3-2-4-6-14/h2-12H,1H3,(H2,19,20). The molecule has 2 aromatic carbocycles. The van der Waals surface area contributed by atoms with E-state index in [9.17, 15) is 0 Å². The summed E-state index contributed by atoms with van der Waals surface area (Å²) in [6.07, 6.45) is 0. The molecule has 2 heteroatoms. The lowest BCUT2D eigenvalue weighted by Gasteiger charge is -2.07. The molecule has 0 bridgehead atoms. The Kier molecular flexibility index (Phi) is 3.21. The summed E-state index contributed by atoms with van der Waals surface area (Å²) in [4.78, 5) is 4.31. The minimum absolute atomic E-state index is 0.562. The quantitative estimate of drug-likeness (QED) is 0.745. The maximum Gasteiger partial charge on any atom is 0.123 e. The van der Waals surface area contributed by atoms with Gasteiger partial charge in [0, 0.05) is 11.3 Å². The third kappa shape index (κ3) is 2.41. The van der Waals surface area contributed by atoms with E-state index < -0.39 is 0 Å². The largest absolute Gasteiger partial charge is 0.384 e. The van der Waals surface area contributed by atoms with Gasteiger partial charge in [-0.1, -0.05) is 54.6 Å². The predicted octanol–water partition coefficient (Wildman–Crippen LogP) is 4.31. The number of benzene rings is 2. The molecule has 1 heterocycles. The SMILES string of the molecule is Cc1nc(N)ccc1-c1ccc(-c2ccccc2)cc1. The molecular weight excluding hydrogens is 244 g/mol. The number of pyridine rings is 1. The van der Waals surface area contributed by atoms with E-state index >= 15 is 0 Å². The molecule has 3 rings (SSSR count). The third-order valence-electron chi connectivity index (χ3n) is 3.41. The van der Waals surface area contributed by atoms with Crippen molar-refractivity contribution in [2.45, 2.75) is 6.92 Å². The minimum atomic E-state index is 0.562. The lowest BCUT2D eigenvalue weighted by Crippen LogP contribution is -1.94. The Labute approximate surface area is 118 Å². The van der Waals surface area contributed by atoms with Gasteiger partial charge < -0.3 is 5.73 Å². The van der Waals surface area contributed by atoms with Crippen molar-refractivity contribution in [1.82, 2.24) is 4.98 Å². The molecule has 1 aromatic heterocycles. The van der Waals surface area contributed by atoms with Gasteiger partial charge in [-0.05, 0) is 35.7 Å². The van der Waals surface area contributed by atoms with Crippen LogP contribution in [0.25, 0.3) is 22.3 Å². The molecule has 0 aliphatic heterocycles. The van der Waals surface area contributed by atoms with Crippen molar-refractivity contribution in [3.05, 3.63) is 72.4 Å².